The average Bonchev–Trinajstić information content (AvgIpc) is 3.16. The maximum atomic E-state index is 13.2. The molecule has 10 heteroatoms. The maximum Gasteiger partial charge on any atom is 0.276 e. The second-order valence-electron chi connectivity index (χ2n) is 6.05. The molecule has 0 spiro atoms. The van der Waals surface area contributed by atoms with Crippen molar-refractivity contribution in [2.75, 3.05) is 24.4 Å². The van der Waals surface area contributed by atoms with E-state index in [1.54, 1.807) is 46.1 Å². The van der Waals surface area contributed by atoms with E-state index in [-0.39, 0.29) is 12.5 Å². The van der Waals surface area contributed by atoms with Gasteiger partial charge in [-0.15, -0.1) is 10.2 Å². The molecule has 0 bridgehead atoms. The highest BCUT2D eigenvalue weighted by atomic mass is 35.5. The smallest absolute Gasteiger partial charge is 0.276 e. The number of methoxy groups -OCH3 is 1. The zero-order valence-corrected chi connectivity index (χ0v) is 17.7. The molecule has 0 saturated carbocycles. The minimum atomic E-state index is -0.199. The number of rotatable bonds is 5. The molecule has 0 fully saturated rings. The lowest BCUT2D eigenvalue weighted by molar-refractivity contribution is 0.0949. The number of halogens is 2. The van der Waals surface area contributed by atoms with Gasteiger partial charge in [0.1, 0.15) is 18.1 Å². The van der Waals surface area contributed by atoms with Crippen molar-refractivity contribution in [3.05, 3.63) is 63.9 Å². The number of aromatic nitrogens is 3. The number of fused-ring (bicyclic) bond motifs is 1. The summed E-state index contributed by atoms with van der Waals surface area (Å²) in [5, 5.41) is 11.5. The van der Waals surface area contributed by atoms with Crippen LogP contribution in [0.15, 0.2) is 47.6 Å². The molecule has 7 nitrogen and oxygen atoms in total. The fourth-order valence-electron chi connectivity index (χ4n) is 2.93. The number of benzene rings is 2. The van der Waals surface area contributed by atoms with Gasteiger partial charge in [-0.3, -0.25) is 4.79 Å². The van der Waals surface area contributed by atoms with Gasteiger partial charge < -0.3 is 9.47 Å². The van der Waals surface area contributed by atoms with Crippen molar-refractivity contribution in [2.24, 2.45) is 0 Å². The lowest BCUT2D eigenvalue weighted by Crippen LogP contribution is -2.45. The van der Waals surface area contributed by atoms with E-state index in [0.717, 1.165) is 0 Å². The van der Waals surface area contributed by atoms with E-state index >= 15 is 0 Å². The molecule has 1 aliphatic rings. The number of amides is 1. The van der Waals surface area contributed by atoms with Crippen molar-refractivity contribution in [3.8, 4) is 11.5 Å². The van der Waals surface area contributed by atoms with Crippen LogP contribution in [-0.4, -0.2) is 40.2 Å². The van der Waals surface area contributed by atoms with E-state index in [4.69, 9.17) is 32.7 Å². The second-order valence-corrected chi connectivity index (χ2v) is 7.96. The van der Waals surface area contributed by atoms with Crippen LogP contribution in [0.2, 0.25) is 10.0 Å². The van der Waals surface area contributed by atoms with Crippen LogP contribution < -0.4 is 14.5 Å². The molecule has 4 rings (SSSR count). The second kappa shape index (κ2) is 8.52. The quantitative estimate of drug-likeness (QED) is 0.583. The van der Waals surface area contributed by atoms with Gasteiger partial charge in [0.25, 0.3) is 5.91 Å². The van der Waals surface area contributed by atoms with Crippen LogP contribution in [0.1, 0.15) is 16.2 Å². The Morgan fingerprint density at radius 1 is 1.17 bits per heavy atom. The molecule has 2 aromatic carbocycles. The van der Waals surface area contributed by atoms with Crippen LogP contribution in [0, 0.1) is 0 Å². The molecule has 0 saturated heterocycles. The van der Waals surface area contributed by atoms with Gasteiger partial charge in [0.2, 0.25) is 5.16 Å². The Morgan fingerprint density at radius 3 is 2.79 bits per heavy atom. The Balaban J connectivity index is 1.62. The minimum Gasteiger partial charge on any atom is -0.496 e. The zero-order chi connectivity index (χ0) is 20.4. The summed E-state index contributed by atoms with van der Waals surface area (Å²) in [4.78, 5) is 13.2. The van der Waals surface area contributed by atoms with E-state index in [1.165, 1.54) is 18.9 Å². The van der Waals surface area contributed by atoms with Gasteiger partial charge in [0, 0.05) is 10.8 Å². The van der Waals surface area contributed by atoms with Crippen molar-refractivity contribution in [3.63, 3.8) is 0 Å². The Hall–Kier alpha value is -2.42. The molecular formula is C19H16Cl2N4O3S. The topological polar surface area (TPSA) is 69.5 Å². The fraction of sp³-hybridized carbons (Fsp3) is 0.211. The third-order valence-corrected chi connectivity index (χ3v) is 5.70. The van der Waals surface area contributed by atoms with Crippen molar-refractivity contribution in [2.45, 2.75) is 11.8 Å². The first kappa shape index (κ1) is 19.9. The Kier molecular flexibility index (Phi) is 5.84. The first-order valence-corrected chi connectivity index (χ1v) is 10.4. The summed E-state index contributed by atoms with van der Waals surface area (Å²) in [6, 6.07) is 12.1. The molecular weight excluding hydrogens is 435 g/mol. The summed E-state index contributed by atoms with van der Waals surface area (Å²) in [5.41, 5.74) is 0.467. The van der Waals surface area contributed by atoms with Gasteiger partial charge in [0.15, 0.2) is 5.82 Å². The maximum absolute atomic E-state index is 13.2. The van der Waals surface area contributed by atoms with Gasteiger partial charge in [-0.05, 0) is 30.3 Å². The molecule has 3 aromatic rings. The predicted molar refractivity (Wildman–Crippen MR) is 112 cm³/mol. The monoisotopic (exact) mass is 450 g/mol. The molecule has 1 amide bonds. The summed E-state index contributed by atoms with van der Waals surface area (Å²) in [7, 11) is 1.54. The van der Waals surface area contributed by atoms with Crippen LogP contribution in [0.4, 0.5) is 0 Å². The molecule has 0 unspecified atom stereocenters. The minimum absolute atomic E-state index is 0.0879. The van der Waals surface area contributed by atoms with Gasteiger partial charge in [0.05, 0.1) is 24.2 Å². The number of hydrogen-bond donors (Lipinski definition) is 0. The van der Waals surface area contributed by atoms with E-state index in [0.29, 0.717) is 50.4 Å². The van der Waals surface area contributed by atoms with E-state index in [1.807, 2.05) is 6.07 Å². The average molecular weight is 451 g/mol. The Bertz CT molecular complexity index is 1060. The largest absolute Gasteiger partial charge is 0.496 e. The Labute approximate surface area is 181 Å². The Morgan fingerprint density at radius 2 is 2.00 bits per heavy atom. The summed E-state index contributed by atoms with van der Waals surface area (Å²) in [6.07, 6.45) is 0. The lowest BCUT2D eigenvalue weighted by atomic mass is 10.2. The highest BCUT2D eigenvalue weighted by Crippen LogP contribution is 2.29. The third kappa shape index (κ3) is 4.01. The van der Waals surface area contributed by atoms with Gasteiger partial charge in [-0.25, -0.2) is 9.69 Å². The van der Waals surface area contributed by atoms with Gasteiger partial charge >= 0.3 is 0 Å². The molecule has 1 aliphatic heterocycles. The third-order valence-electron chi connectivity index (χ3n) is 4.27. The fourth-order valence-corrected chi connectivity index (χ4v) is 4.26. The van der Waals surface area contributed by atoms with E-state index < -0.39 is 0 Å². The van der Waals surface area contributed by atoms with Crippen molar-refractivity contribution in [1.82, 2.24) is 14.9 Å². The van der Waals surface area contributed by atoms with E-state index in [2.05, 4.69) is 10.2 Å². The molecule has 29 heavy (non-hydrogen) atoms. The van der Waals surface area contributed by atoms with Crippen molar-refractivity contribution in [1.29, 1.82) is 0 Å². The zero-order valence-electron chi connectivity index (χ0n) is 15.3. The number of carbonyl (C=O) groups is 1. The van der Waals surface area contributed by atoms with Crippen LogP contribution in [0.3, 0.4) is 0 Å². The molecule has 2 heterocycles. The molecule has 1 aromatic heterocycles. The summed E-state index contributed by atoms with van der Waals surface area (Å²) in [6.45, 7) is 0.589. The van der Waals surface area contributed by atoms with Gasteiger partial charge in [-0.1, -0.05) is 47.1 Å². The van der Waals surface area contributed by atoms with Crippen molar-refractivity contribution >= 4 is 40.9 Å². The number of thioether (sulfide) groups is 1. The number of para-hydroxylation sites is 1. The van der Waals surface area contributed by atoms with Crippen LogP contribution in [0.5, 0.6) is 11.5 Å². The standard InChI is InChI=1S/C19H16Cl2N4O3S/c1-27-15-5-3-2-4-13(15)18(26)24-8-9-29-19-23-22-17(25(19)24)11-28-16-7-6-12(20)10-14(16)21/h2-7,10H,8-9,11H2,1H3. The summed E-state index contributed by atoms with van der Waals surface area (Å²) >= 11 is 13.6. The van der Waals surface area contributed by atoms with Crippen LogP contribution in [-0.2, 0) is 6.61 Å². The summed E-state index contributed by atoms with van der Waals surface area (Å²) < 4.78 is 12.8. The van der Waals surface area contributed by atoms with E-state index in [9.17, 15) is 4.79 Å². The normalized spacial score (nSPS) is 13.1. The first-order valence-electron chi connectivity index (χ1n) is 8.68. The highest BCUT2D eigenvalue weighted by Gasteiger charge is 2.29. The lowest BCUT2D eigenvalue weighted by Gasteiger charge is -2.29. The SMILES string of the molecule is COc1ccccc1C(=O)N1CCSc2nnc(COc3ccc(Cl)cc3Cl)n21. The predicted octanol–water partition coefficient (Wildman–Crippen LogP) is 4.06. The van der Waals surface area contributed by atoms with Crippen molar-refractivity contribution < 1.29 is 14.3 Å². The van der Waals surface area contributed by atoms with Gasteiger partial charge in [-0.2, -0.15) is 0 Å². The highest BCUT2D eigenvalue weighted by molar-refractivity contribution is 7.99. The summed E-state index contributed by atoms with van der Waals surface area (Å²) in [5.74, 6) is 1.98. The molecule has 0 N–H and O–H groups in total. The van der Waals surface area contributed by atoms with Crippen LogP contribution in [0.25, 0.3) is 0 Å². The molecule has 150 valence electrons. The van der Waals surface area contributed by atoms with Crippen LogP contribution >= 0.6 is 35.0 Å². The number of nitrogens with zero attached hydrogens (tertiary/aromatic N) is 4. The number of carbonyl (C=O) groups excluding carboxylic acids is 1. The molecule has 0 atom stereocenters. The number of ether oxygens (including phenoxy) is 2. The first-order chi connectivity index (χ1) is 14.1. The number of hydrogen-bond acceptors (Lipinski definition) is 6. The molecule has 0 radical (unpaired) electrons. The molecule has 0 aliphatic carbocycles.